The third-order valence-electron chi connectivity index (χ3n) is 4.59. The molecule has 0 bridgehead atoms. The summed E-state index contributed by atoms with van der Waals surface area (Å²) in [4.78, 5) is 17.0. The summed E-state index contributed by atoms with van der Waals surface area (Å²) in [6.45, 7) is 5.97. The molecule has 0 aliphatic heterocycles. The average Bonchev–Trinajstić information content (AvgIpc) is 3.20. The highest BCUT2D eigenvalue weighted by Gasteiger charge is 2.21. The van der Waals surface area contributed by atoms with E-state index in [1.807, 2.05) is 50.2 Å². The van der Waals surface area contributed by atoms with Crippen LogP contribution in [0.15, 0.2) is 60.9 Å². The first-order valence-electron chi connectivity index (χ1n) is 10.1. The van der Waals surface area contributed by atoms with E-state index in [4.69, 9.17) is 4.74 Å². The highest BCUT2D eigenvalue weighted by atomic mass is 16.5. The fourth-order valence-electron chi connectivity index (χ4n) is 3.16. The number of pyridine rings is 1. The van der Waals surface area contributed by atoms with Crippen LogP contribution < -0.4 is 5.32 Å². The summed E-state index contributed by atoms with van der Waals surface area (Å²) in [5, 5.41) is 7.37. The number of carbonyl (C=O) groups is 1. The number of nitrogens with one attached hydrogen (secondary N) is 1. The van der Waals surface area contributed by atoms with Gasteiger partial charge in [0, 0.05) is 19.3 Å². The number of carbonyl (C=O) groups excluding carboxylic acids is 1. The van der Waals surface area contributed by atoms with Crippen LogP contribution >= 0.6 is 0 Å². The second kappa shape index (κ2) is 10.5. The van der Waals surface area contributed by atoms with Crippen molar-refractivity contribution in [2.75, 3.05) is 19.8 Å². The van der Waals surface area contributed by atoms with Crippen LogP contribution in [-0.2, 0) is 11.2 Å². The molecule has 1 aromatic carbocycles. The molecule has 0 aliphatic carbocycles. The number of ether oxygens (including phenoxy) is 1. The zero-order valence-corrected chi connectivity index (χ0v) is 17.0. The maximum Gasteiger partial charge on any atom is 0.254 e. The van der Waals surface area contributed by atoms with Gasteiger partial charge in [0.05, 0.1) is 24.1 Å². The lowest BCUT2D eigenvalue weighted by atomic mass is 10.1. The minimum atomic E-state index is -0.111. The van der Waals surface area contributed by atoms with Crippen LogP contribution in [-0.4, -0.2) is 40.4 Å². The summed E-state index contributed by atoms with van der Waals surface area (Å²) >= 11 is 0. The predicted molar refractivity (Wildman–Crippen MR) is 113 cm³/mol. The van der Waals surface area contributed by atoms with Crippen molar-refractivity contribution in [3.63, 3.8) is 0 Å². The second-order valence-corrected chi connectivity index (χ2v) is 7.16. The first-order chi connectivity index (χ1) is 14.2. The molecule has 0 saturated heterocycles. The molecule has 6 heteroatoms. The second-order valence-electron chi connectivity index (χ2n) is 7.16. The molecule has 0 unspecified atom stereocenters. The van der Waals surface area contributed by atoms with Crippen LogP contribution in [0, 0.1) is 0 Å². The standard InChI is InChI=1S/C23H28N4O2/c1-18(2)22-20(17-26-27(22)21-11-6-7-13-24-21)23(28)25-14-8-15-29-16-12-19-9-4-3-5-10-19/h3-7,9-11,13,17-18H,8,12,14-16H2,1-2H3,(H,25,28). The quantitative estimate of drug-likeness (QED) is 0.533. The van der Waals surface area contributed by atoms with Crippen LogP contribution in [0.3, 0.4) is 0 Å². The molecule has 2 heterocycles. The van der Waals surface area contributed by atoms with E-state index >= 15 is 0 Å². The summed E-state index contributed by atoms with van der Waals surface area (Å²) in [6, 6.07) is 15.9. The van der Waals surface area contributed by atoms with Crippen molar-refractivity contribution in [3.05, 3.63) is 77.7 Å². The summed E-state index contributed by atoms with van der Waals surface area (Å²) in [5.74, 6) is 0.740. The van der Waals surface area contributed by atoms with Gasteiger partial charge in [-0.05, 0) is 36.5 Å². The Bertz CT molecular complexity index is 892. The molecular weight excluding hydrogens is 364 g/mol. The van der Waals surface area contributed by atoms with Gasteiger partial charge in [0.1, 0.15) is 0 Å². The lowest BCUT2D eigenvalue weighted by molar-refractivity contribution is 0.0940. The van der Waals surface area contributed by atoms with Gasteiger partial charge < -0.3 is 10.1 Å². The lowest BCUT2D eigenvalue weighted by Crippen LogP contribution is -2.26. The van der Waals surface area contributed by atoms with E-state index in [1.54, 1.807) is 17.1 Å². The molecule has 29 heavy (non-hydrogen) atoms. The van der Waals surface area contributed by atoms with E-state index in [2.05, 4.69) is 27.5 Å². The summed E-state index contributed by atoms with van der Waals surface area (Å²) in [7, 11) is 0. The molecule has 0 aliphatic rings. The van der Waals surface area contributed by atoms with Crippen molar-refractivity contribution in [1.82, 2.24) is 20.1 Å². The first kappa shape index (κ1) is 20.7. The molecule has 0 radical (unpaired) electrons. The van der Waals surface area contributed by atoms with Crippen molar-refractivity contribution >= 4 is 5.91 Å². The van der Waals surface area contributed by atoms with Crippen molar-refractivity contribution in [2.24, 2.45) is 0 Å². The van der Waals surface area contributed by atoms with Gasteiger partial charge in [0.25, 0.3) is 5.91 Å². The molecule has 152 valence electrons. The number of aromatic nitrogens is 3. The number of rotatable bonds is 10. The SMILES string of the molecule is CC(C)c1c(C(=O)NCCCOCCc2ccccc2)cnn1-c1ccccn1. The molecule has 0 atom stereocenters. The normalized spacial score (nSPS) is 11.0. The Labute approximate surface area is 171 Å². The third kappa shape index (κ3) is 5.74. The largest absolute Gasteiger partial charge is 0.381 e. The van der Waals surface area contributed by atoms with Gasteiger partial charge in [-0.2, -0.15) is 5.10 Å². The van der Waals surface area contributed by atoms with E-state index in [0.717, 1.165) is 18.5 Å². The van der Waals surface area contributed by atoms with Crippen molar-refractivity contribution < 1.29 is 9.53 Å². The molecule has 0 spiro atoms. The molecule has 2 aromatic heterocycles. The highest BCUT2D eigenvalue weighted by molar-refractivity contribution is 5.95. The molecule has 0 fully saturated rings. The van der Waals surface area contributed by atoms with Crippen LogP contribution in [0.4, 0.5) is 0 Å². The summed E-state index contributed by atoms with van der Waals surface area (Å²) in [6.07, 6.45) is 5.01. The molecule has 3 aromatic rings. The summed E-state index contributed by atoms with van der Waals surface area (Å²) in [5.41, 5.74) is 2.72. The van der Waals surface area contributed by atoms with Crippen LogP contribution in [0.1, 0.15) is 47.8 Å². The Morgan fingerprint density at radius 2 is 1.90 bits per heavy atom. The minimum absolute atomic E-state index is 0.111. The Kier molecular flexibility index (Phi) is 7.53. The summed E-state index contributed by atoms with van der Waals surface area (Å²) < 4.78 is 7.42. The van der Waals surface area contributed by atoms with Gasteiger partial charge >= 0.3 is 0 Å². The van der Waals surface area contributed by atoms with Gasteiger partial charge in [-0.25, -0.2) is 9.67 Å². The Morgan fingerprint density at radius 3 is 2.62 bits per heavy atom. The minimum Gasteiger partial charge on any atom is -0.381 e. The Balaban J connectivity index is 1.46. The predicted octanol–water partition coefficient (Wildman–Crippen LogP) is 3.77. The Morgan fingerprint density at radius 1 is 1.10 bits per heavy atom. The number of nitrogens with zero attached hydrogens (tertiary/aromatic N) is 3. The third-order valence-corrected chi connectivity index (χ3v) is 4.59. The fraction of sp³-hybridized carbons (Fsp3) is 0.348. The lowest BCUT2D eigenvalue weighted by Gasteiger charge is -2.12. The smallest absolute Gasteiger partial charge is 0.254 e. The zero-order chi connectivity index (χ0) is 20.5. The maximum atomic E-state index is 12.7. The number of benzene rings is 1. The number of hydrogen-bond acceptors (Lipinski definition) is 4. The molecule has 6 nitrogen and oxygen atoms in total. The van der Waals surface area contributed by atoms with E-state index in [1.165, 1.54) is 5.56 Å². The highest BCUT2D eigenvalue weighted by Crippen LogP contribution is 2.22. The van der Waals surface area contributed by atoms with Gasteiger partial charge in [-0.3, -0.25) is 4.79 Å². The first-order valence-corrected chi connectivity index (χ1v) is 10.1. The van der Waals surface area contributed by atoms with Crippen LogP contribution in [0.25, 0.3) is 5.82 Å². The zero-order valence-electron chi connectivity index (χ0n) is 17.0. The van der Waals surface area contributed by atoms with E-state index in [0.29, 0.717) is 31.1 Å². The maximum absolute atomic E-state index is 12.7. The molecule has 1 amide bonds. The fourth-order valence-corrected chi connectivity index (χ4v) is 3.16. The average molecular weight is 393 g/mol. The number of amides is 1. The van der Waals surface area contributed by atoms with Gasteiger partial charge in [0.2, 0.25) is 0 Å². The molecule has 1 N–H and O–H groups in total. The van der Waals surface area contributed by atoms with Crippen molar-refractivity contribution in [3.8, 4) is 5.82 Å². The van der Waals surface area contributed by atoms with Gasteiger partial charge in [-0.15, -0.1) is 0 Å². The molecule has 3 rings (SSSR count). The van der Waals surface area contributed by atoms with E-state index in [-0.39, 0.29) is 11.8 Å². The van der Waals surface area contributed by atoms with Gasteiger partial charge in [-0.1, -0.05) is 50.2 Å². The van der Waals surface area contributed by atoms with Crippen LogP contribution in [0.2, 0.25) is 0 Å². The van der Waals surface area contributed by atoms with E-state index < -0.39 is 0 Å². The van der Waals surface area contributed by atoms with Gasteiger partial charge in [0.15, 0.2) is 5.82 Å². The van der Waals surface area contributed by atoms with E-state index in [9.17, 15) is 4.79 Å². The molecule has 0 saturated carbocycles. The topological polar surface area (TPSA) is 69.0 Å². The Hall–Kier alpha value is -2.99. The van der Waals surface area contributed by atoms with Crippen molar-refractivity contribution in [2.45, 2.75) is 32.6 Å². The molecular formula is C23H28N4O2. The van der Waals surface area contributed by atoms with Crippen molar-refractivity contribution in [1.29, 1.82) is 0 Å². The monoisotopic (exact) mass is 392 g/mol. The number of hydrogen-bond donors (Lipinski definition) is 1. The van der Waals surface area contributed by atoms with Crippen LogP contribution in [0.5, 0.6) is 0 Å².